The number of aromatic nitrogens is 2. The maximum atomic E-state index is 11.5. The van der Waals surface area contributed by atoms with Gasteiger partial charge in [0.15, 0.2) is 9.84 Å². The molecule has 0 radical (unpaired) electrons. The molecule has 2 rings (SSSR count). The molecule has 6 nitrogen and oxygen atoms in total. The summed E-state index contributed by atoms with van der Waals surface area (Å²) in [6.07, 6.45) is 2.00. The SMILES string of the molecule is NCCc1nnc(C2CCCS(=O)(=O)C2)o1. The molecule has 2 heterocycles. The van der Waals surface area contributed by atoms with Gasteiger partial charge in [0.1, 0.15) is 0 Å². The number of rotatable bonds is 3. The van der Waals surface area contributed by atoms with Crippen molar-refractivity contribution < 1.29 is 12.8 Å². The Morgan fingerprint density at radius 3 is 2.94 bits per heavy atom. The quantitative estimate of drug-likeness (QED) is 0.796. The molecule has 1 saturated heterocycles. The third-order valence-electron chi connectivity index (χ3n) is 2.65. The van der Waals surface area contributed by atoms with Crippen molar-refractivity contribution in [3.05, 3.63) is 11.8 Å². The highest BCUT2D eigenvalue weighted by molar-refractivity contribution is 7.91. The molecule has 0 amide bonds. The van der Waals surface area contributed by atoms with E-state index in [4.69, 9.17) is 10.2 Å². The van der Waals surface area contributed by atoms with Gasteiger partial charge >= 0.3 is 0 Å². The van der Waals surface area contributed by atoms with Gasteiger partial charge in [-0.1, -0.05) is 0 Å². The van der Waals surface area contributed by atoms with Crippen molar-refractivity contribution >= 4 is 9.84 Å². The first-order valence-corrected chi connectivity index (χ1v) is 7.15. The van der Waals surface area contributed by atoms with Crippen molar-refractivity contribution in [3.8, 4) is 0 Å². The first-order chi connectivity index (χ1) is 7.61. The minimum absolute atomic E-state index is 0.122. The molecule has 7 heteroatoms. The van der Waals surface area contributed by atoms with E-state index in [2.05, 4.69) is 10.2 Å². The standard InChI is InChI=1S/C9H15N3O3S/c10-4-3-8-11-12-9(15-8)7-2-1-5-16(13,14)6-7/h7H,1-6,10H2. The summed E-state index contributed by atoms with van der Waals surface area (Å²) in [7, 11) is -2.94. The monoisotopic (exact) mass is 245 g/mol. The topological polar surface area (TPSA) is 99.1 Å². The molecule has 0 aliphatic carbocycles. The molecule has 1 aromatic rings. The fraction of sp³-hybridized carbons (Fsp3) is 0.778. The summed E-state index contributed by atoms with van der Waals surface area (Å²) in [4.78, 5) is 0. The van der Waals surface area contributed by atoms with Crippen molar-refractivity contribution in [2.75, 3.05) is 18.1 Å². The summed E-state index contributed by atoms with van der Waals surface area (Å²) >= 11 is 0. The Morgan fingerprint density at radius 1 is 1.44 bits per heavy atom. The van der Waals surface area contributed by atoms with Crippen molar-refractivity contribution in [1.82, 2.24) is 10.2 Å². The van der Waals surface area contributed by atoms with E-state index in [0.29, 0.717) is 31.2 Å². The molecule has 90 valence electrons. The predicted molar refractivity (Wildman–Crippen MR) is 57.7 cm³/mol. The van der Waals surface area contributed by atoms with Crippen LogP contribution in [-0.2, 0) is 16.3 Å². The maximum Gasteiger partial charge on any atom is 0.220 e. The average Bonchev–Trinajstić information content (AvgIpc) is 2.65. The summed E-state index contributed by atoms with van der Waals surface area (Å²) in [6.45, 7) is 0.449. The highest BCUT2D eigenvalue weighted by atomic mass is 32.2. The van der Waals surface area contributed by atoms with Gasteiger partial charge in [-0.05, 0) is 12.8 Å². The maximum absolute atomic E-state index is 11.5. The number of hydrogen-bond acceptors (Lipinski definition) is 6. The summed E-state index contributed by atoms with van der Waals surface area (Å²) in [5.41, 5.74) is 5.37. The highest BCUT2D eigenvalue weighted by Crippen LogP contribution is 2.27. The molecule has 0 aromatic carbocycles. The second-order valence-electron chi connectivity index (χ2n) is 4.03. The Balaban J connectivity index is 2.11. The van der Waals surface area contributed by atoms with E-state index in [9.17, 15) is 8.42 Å². The zero-order chi connectivity index (χ0) is 11.6. The second-order valence-corrected chi connectivity index (χ2v) is 6.25. The van der Waals surface area contributed by atoms with Gasteiger partial charge in [-0.2, -0.15) is 0 Å². The number of hydrogen-bond donors (Lipinski definition) is 1. The van der Waals surface area contributed by atoms with Crippen LogP contribution in [0.1, 0.15) is 30.5 Å². The third kappa shape index (κ3) is 2.59. The third-order valence-corrected chi connectivity index (χ3v) is 4.47. The molecule has 1 atom stereocenters. The van der Waals surface area contributed by atoms with Gasteiger partial charge in [-0.15, -0.1) is 10.2 Å². The Kier molecular flexibility index (Phi) is 3.25. The number of nitrogens with two attached hydrogens (primary N) is 1. The molecule has 1 unspecified atom stereocenters. The summed E-state index contributed by atoms with van der Waals surface area (Å²) in [5, 5.41) is 7.72. The van der Waals surface area contributed by atoms with Crippen LogP contribution in [0.15, 0.2) is 4.42 Å². The van der Waals surface area contributed by atoms with Crippen LogP contribution in [0.5, 0.6) is 0 Å². The van der Waals surface area contributed by atoms with E-state index in [1.54, 1.807) is 0 Å². The van der Waals surface area contributed by atoms with Gasteiger partial charge in [0.05, 0.1) is 17.4 Å². The zero-order valence-corrected chi connectivity index (χ0v) is 9.74. The molecule has 1 aliphatic heterocycles. The lowest BCUT2D eigenvalue weighted by Crippen LogP contribution is -2.23. The fourth-order valence-electron chi connectivity index (χ4n) is 1.87. The molecule has 1 aromatic heterocycles. The van der Waals surface area contributed by atoms with Crippen LogP contribution in [-0.4, -0.2) is 36.7 Å². The van der Waals surface area contributed by atoms with E-state index < -0.39 is 9.84 Å². The second kappa shape index (κ2) is 4.50. The lowest BCUT2D eigenvalue weighted by Gasteiger charge is -2.18. The van der Waals surface area contributed by atoms with E-state index in [0.717, 1.165) is 6.42 Å². The van der Waals surface area contributed by atoms with Gasteiger partial charge in [0.2, 0.25) is 11.8 Å². The van der Waals surface area contributed by atoms with Gasteiger partial charge < -0.3 is 10.2 Å². The normalized spacial score (nSPS) is 24.4. The van der Waals surface area contributed by atoms with Crippen LogP contribution in [0.3, 0.4) is 0 Å². The Labute approximate surface area is 94.1 Å². The van der Waals surface area contributed by atoms with Crippen molar-refractivity contribution in [2.24, 2.45) is 5.73 Å². The van der Waals surface area contributed by atoms with Crippen molar-refractivity contribution in [3.63, 3.8) is 0 Å². The number of sulfone groups is 1. The first-order valence-electron chi connectivity index (χ1n) is 5.33. The molecule has 16 heavy (non-hydrogen) atoms. The molecular formula is C9H15N3O3S. The van der Waals surface area contributed by atoms with E-state index in [1.807, 2.05) is 0 Å². The van der Waals surface area contributed by atoms with Crippen LogP contribution in [0.4, 0.5) is 0 Å². The molecule has 2 N–H and O–H groups in total. The Hall–Kier alpha value is -0.950. The van der Waals surface area contributed by atoms with E-state index >= 15 is 0 Å². The summed E-state index contributed by atoms with van der Waals surface area (Å²) < 4.78 is 28.3. The molecular weight excluding hydrogens is 230 g/mol. The predicted octanol–water partition coefficient (Wildman–Crippen LogP) is -0.137. The molecule has 0 bridgehead atoms. The lowest BCUT2D eigenvalue weighted by molar-refractivity contribution is 0.408. The molecule has 0 saturated carbocycles. The van der Waals surface area contributed by atoms with Crippen LogP contribution in [0.25, 0.3) is 0 Å². The van der Waals surface area contributed by atoms with Gasteiger partial charge in [-0.3, -0.25) is 0 Å². The van der Waals surface area contributed by atoms with Gasteiger partial charge in [0, 0.05) is 13.0 Å². The smallest absolute Gasteiger partial charge is 0.220 e. The van der Waals surface area contributed by atoms with E-state index in [1.165, 1.54) is 0 Å². The average molecular weight is 245 g/mol. The van der Waals surface area contributed by atoms with Crippen LogP contribution < -0.4 is 5.73 Å². The lowest BCUT2D eigenvalue weighted by atomic mass is 10.1. The van der Waals surface area contributed by atoms with Gasteiger partial charge in [0.25, 0.3) is 0 Å². The van der Waals surface area contributed by atoms with Crippen molar-refractivity contribution in [2.45, 2.75) is 25.2 Å². The Bertz CT molecular complexity index is 454. The highest BCUT2D eigenvalue weighted by Gasteiger charge is 2.29. The zero-order valence-electron chi connectivity index (χ0n) is 8.92. The van der Waals surface area contributed by atoms with Crippen molar-refractivity contribution in [1.29, 1.82) is 0 Å². The van der Waals surface area contributed by atoms with Crippen LogP contribution in [0, 0.1) is 0 Å². The summed E-state index contributed by atoms with van der Waals surface area (Å²) in [5.74, 6) is 1.18. The summed E-state index contributed by atoms with van der Waals surface area (Å²) in [6, 6.07) is 0. The minimum atomic E-state index is -2.94. The molecule has 0 spiro atoms. The van der Waals surface area contributed by atoms with Crippen LogP contribution >= 0.6 is 0 Å². The molecule has 1 fully saturated rings. The Morgan fingerprint density at radius 2 is 2.25 bits per heavy atom. The molecule has 1 aliphatic rings. The minimum Gasteiger partial charge on any atom is -0.425 e. The largest absolute Gasteiger partial charge is 0.425 e. The first kappa shape index (κ1) is 11.5. The number of nitrogens with zero attached hydrogens (tertiary/aromatic N) is 2. The van der Waals surface area contributed by atoms with Crippen LogP contribution in [0.2, 0.25) is 0 Å². The van der Waals surface area contributed by atoms with E-state index in [-0.39, 0.29) is 17.4 Å². The van der Waals surface area contributed by atoms with Gasteiger partial charge in [-0.25, -0.2) is 8.42 Å². The fourth-order valence-corrected chi connectivity index (χ4v) is 3.57.